The molecule has 0 spiro atoms. The van der Waals surface area contributed by atoms with E-state index in [1.165, 1.54) is 0 Å². The summed E-state index contributed by atoms with van der Waals surface area (Å²) in [7, 11) is 3.28. The monoisotopic (exact) mass is 494 g/mol. The number of ether oxygens (including phenoxy) is 2. The summed E-state index contributed by atoms with van der Waals surface area (Å²) < 4.78 is 10.7. The second-order valence-corrected chi connectivity index (χ2v) is 9.42. The summed E-state index contributed by atoms with van der Waals surface area (Å²) >= 11 is 1.60. The first kappa shape index (κ1) is 24.6. The van der Waals surface area contributed by atoms with E-state index < -0.39 is 0 Å². The number of rotatable bonds is 9. The molecule has 4 rings (SSSR count). The van der Waals surface area contributed by atoms with Crippen molar-refractivity contribution in [2.24, 2.45) is 0 Å². The number of nitrogens with zero attached hydrogens (tertiary/aromatic N) is 1. The molecule has 1 aliphatic heterocycles. The van der Waals surface area contributed by atoms with Gasteiger partial charge < -0.3 is 25.4 Å². The lowest BCUT2D eigenvalue weighted by Crippen LogP contribution is -2.39. The predicted molar refractivity (Wildman–Crippen MR) is 137 cm³/mol. The number of likely N-dealkylation sites (tertiary alicyclic amines) is 1. The highest BCUT2D eigenvalue weighted by Gasteiger charge is 2.24. The Bertz CT molecular complexity index is 1130. The number of thiophene rings is 1. The van der Waals surface area contributed by atoms with Crippen molar-refractivity contribution >= 4 is 29.0 Å². The fourth-order valence-corrected chi connectivity index (χ4v) is 4.73. The van der Waals surface area contributed by atoms with Crippen LogP contribution in [0.3, 0.4) is 0 Å². The molecule has 0 saturated carbocycles. The molecule has 184 valence electrons. The highest BCUT2D eigenvalue weighted by Crippen LogP contribution is 2.24. The Balaban J connectivity index is 1.26. The van der Waals surface area contributed by atoms with Crippen LogP contribution >= 0.6 is 11.3 Å². The maximum Gasteiger partial charge on any atom is 0.319 e. The van der Waals surface area contributed by atoms with Gasteiger partial charge in [-0.15, -0.1) is 11.3 Å². The Labute approximate surface area is 209 Å². The molecule has 0 aliphatic carbocycles. The van der Waals surface area contributed by atoms with Crippen LogP contribution in [0.1, 0.15) is 27.2 Å². The van der Waals surface area contributed by atoms with E-state index in [0.29, 0.717) is 17.8 Å². The Morgan fingerprint density at radius 1 is 1.06 bits per heavy atom. The van der Waals surface area contributed by atoms with E-state index in [1.54, 1.807) is 49.8 Å². The van der Waals surface area contributed by atoms with Crippen LogP contribution in [0.25, 0.3) is 0 Å². The van der Waals surface area contributed by atoms with Gasteiger partial charge in [0, 0.05) is 47.9 Å². The summed E-state index contributed by atoms with van der Waals surface area (Å²) in [4.78, 5) is 28.4. The number of carbonyl (C=O) groups is 2. The van der Waals surface area contributed by atoms with Gasteiger partial charge in [0.2, 0.25) is 0 Å². The number of hydrogen-bond donors (Lipinski definition) is 3. The lowest BCUT2D eigenvalue weighted by Gasteiger charge is -2.18. The zero-order valence-corrected chi connectivity index (χ0v) is 20.7. The van der Waals surface area contributed by atoms with Crippen molar-refractivity contribution < 1.29 is 19.1 Å². The minimum atomic E-state index is -0.281. The molecule has 2 heterocycles. The van der Waals surface area contributed by atoms with Crippen LogP contribution in [-0.4, -0.2) is 50.2 Å². The summed E-state index contributed by atoms with van der Waals surface area (Å²) in [6.07, 6.45) is 0.861. The maximum absolute atomic E-state index is 12.6. The molecule has 35 heavy (non-hydrogen) atoms. The van der Waals surface area contributed by atoms with Crippen LogP contribution in [0.2, 0.25) is 0 Å². The molecule has 1 unspecified atom stereocenters. The lowest BCUT2D eigenvalue weighted by atomic mass is 10.2. The number of carbonyl (C=O) groups excluding carboxylic acids is 2. The molecular formula is C26H30N4O4S. The van der Waals surface area contributed by atoms with E-state index in [9.17, 15) is 9.59 Å². The molecule has 1 aromatic heterocycles. The van der Waals surface area contributed by atoms with Crippen LogP contribution in [0.15, 0.2) is 60.0 Å². The third-order valence-electron chi connectivity index (χ3n) is 5.81. The summed E-state index contributed by atoms with van der Waals surface area (Å²) in [6, 6.07) is 16.5. The Kier molecular flexibility index (Phi) is 8.23. The minimum Gasteiger partial charge on any atom is -0.497 e. The van der Waals surface area contributed by atoms with E-state index in [4.69, 9.17) is 9.47 Å². The molecule has 0 bridgehead atoms. The average molecular weight is 495 g/mol. The molecule has 8 nitrogen and oxygen atoms in total. The van der Waals surface area contributed by atoms with Gasteiger partial charge in [0.25, 0.3) is 5.91 Å². The van der Waals surface area contributed by atoms with Crippen LogP contribution in [0.4, 0.5) is 10.5 Å². The van der Waals surface area contributed by atoms with E-state index in [-0.39, 0.29) is 18.0 Å². The van der Waals surface area contributed by atoms with E-state index >= 15 is 0 Å². The summed E-state index contributed by atoms with van der Waals surface area (Å²) in [5.41, 5.74) is 2.17. The SMILES string of the molecule is COc1cc(CN2CCC(NC(=O)Nc3cccc(C(=O)NCc4cccs4)c3)C2)cc(OC)c1. The summed E-state index contributed by atoms with van der Waals surface area (Å²) in [6.45, 7) is 2.85. The predicted octanol–water partition coefficient (Wildman–Crippen LogP) is 4.09. The van der Waals surface area contributed by atoms with Gasteiger partial charge in [-0.05, 0) is 53.8 Å². The Hall–Kier alpha value is -3.56. The summed E-state index contributed by atoms with van der Waals surface area (Å²) in [5.74, 6) is 1.34. The summed E-state index contributed by atoms with van der Waals surface area (Å²) in [5, 5.41) is 10.8. The van der Waals surface area contributed by atoms with Crippen molar-refractivity contribution in [1.82, 2.24) is 15.5 Å². The number of methoxy groups -OCH3 is 2. The Morgan fingerprint density at radius 3 is 2.57 bits per heavy atom. The van der Waals surface area contributed by atoms with Crippen LogP contribution in [0.5, 0.6) is 11.5 Å². The van der Waals surface area contributed by atoms with Gasteiger partial charge in [0.1, 0.15) is 11.5 Å². The third kappa shape index (κ3) is 6.97. The second kappa shape index (κ2) is 11.7. The van der Waals surface area contributed by atoms with E-state index in [0.717, 1.165) is 48.0 Å². The van der Waals surface area contributed by atoms with Gasteiger partial charge in [-0.1, -0.05) is 12.1 Å². The van der Waals surface area contributed by atoms with Crippen LogP contribution in [-0.2, 0) is 13.1 Å². The lowest BCUT2D eigenvalue weighted by molar-refractivity contribution is 0.0951. The standard InChI is InChI=1S/C26H30N4O4S/c1-33-22-11-18(12-23(14-22)34-2)16-30-9-8-21(17-30)29-26(32)28-20-6-3-5-19(13-20)25(31)27-15-24-7-4-10-35-24/h3-7,10-14,21H,8-9,15-17H2,1-2H3,(H,27,31)(H2,28,29,32). The number of anilines is 1. The number of urea groups is 1. The minimum absolute atomic E-state index is 0.0415. The topological polar surface area (TPSA) is 91.9 Å². The van der Waals surface area contributed by atoms with Gasteiger partial charge in [0.15, 0.2) is 0 Å². The first-order chi connectivity index (χ1) is 17.0. The molecular weight excluding hydrogens is 464 g/mol. The first-order valence-corrected chi connectivity index (χ1v) is 12.3. The van der Waals surface area contributed by atoms with Crippen molar-refractivity contribution in [3.8, 4) is 11.5 Å². The van der Waals surface area contributed by atoms with Gasteiger partial charge in [-0.2, -0.15) is 0 Å². The fourth-order valence-electron chi connectivity index (χ4n) is 4.08. The zero-order valence-electron chi connectivity index (χ0n) is 19.9. The molecule has 1 saturated heterocycles. The van der Waals surface area contributed by atoms with Crippen LogP contribution < -0.4 is 25.4 Å². The first-order valence-electron chi connectivity index (χ1n) is 11.4. The van der Waals surface area contributed by atoms with Gasteiger partial charge >= 0.3 is 6.03 Å². The fraction of sp³-hybridized carbons (Fsp3) is 0.308. The van der Waals surface area contributed by atoms with Gasteiger partial charge in [-0.3, -0.25) is 9.69 Å². The van der Waals surface area contributed by atoms with E-state index in [1.807, 2.05) is 35.7 Å². The zero-order chi connectivity index (χ0) is 24.6. The third-order valence-corrected chi connectivity index (χ3v) is 6.69. The van der Waals surface area contributed by atoms with Crippen molar-refractivity contribution in [3.63, 3.8) is 0 Å². The molecule has 0 radical (unpaired) electrons. The molecule has 2 aromatic carbocycles. The molecule has 9 heteroatoms. The number of hydrogen-bond acceptors (Lipinski definition) is 6. The van der Waals surface area contributed by atoms with E-state index in [2.05, 4.69) is 20.9 Å². The van der Waals surface area contributed by atoms with Crippen molar-refractivity contribution in [1.29, 1.82) is 0 Å². The molecule has 1 fully saturated rings. The van der Waals surface area contributed by atoms with Crippen molar-refractivity contribution in [2.75, 3.05) is 32.6 Å². The molecule has 1 atom stereocenters. The quantitative estimate of drug-likeness (QED) is 0.417. The largest absolute Gasteiger partial charge is 0.497 e. The highest BCUT2D eigenvalue weighted by atomic mass is 32.1. The molecule has 3 N–H and O–H groups in total. The van der Waals surface area contributed by atoms with Gasteiger partial charge in [-0.25, -0.2) is 4.79 Å². The number of amides is 3. The molecule has 1 aliphatic rings. The van der Waals surface area contributed by atoms with Crippen molar-refractivity contribution in [2.45, 2.75) is 25.6 Å². The van der Waals surface area contributed by atoms with Crippen molar-refractivity contribution in [3.05, 3.63) is 76.0 Å². The molecule has 3 amide bonds. The molecule has 3 aromatic rings. The Morgan fingerprint density at radius 2 is 1.86 bits per heavy atom. The van der Waals surface area contributed by atoms with Gasteiger partial charge in [0.05, 0.1) is 20.8 Å². The number of nitrogens with one attached hydrogen (secondary N) is 3. The van der Waals surface area contributed by atoms with Crippen LogP contribution in [0, 0.1) is 0 Å². The second-order valence-electron chi connectivity index (χ2n) is 8.38. The highest BCUT2D eigenvalue weighted by molar-refractivity contribution is 7.09. The normalized spacial score (nSPS) is 15.4. The number of benzene rings is 2. The smallest absolute Gasteiger partial charge is 0.319 e. The average Bonchev–Trinajstić information content (AvgIpc) is 3.54. The maximum atomic E-state index is 12.6.